The van der Waals surface area contributed by atoms with Crippen LogP contribution in [0.5, 0.6) is 0 Å². The van der Waals surface area contributed by atoms with Crippen LogP contribution in [0.4, 0.5) is 0 Å². The maximum atomic E-state index is 8.55. The van der Waals surface area contributed by atoms with Gasteiger partial charge in [-0.1, -0.05) is 6.08 Å². The summed E-state index contributed by atoms with van der Waals surface area (Å²) in [5.41, 5.74) is 0. The monoisotopic (exact) mass is 113 g/mol. The Kier molecular flexibility index (Phi) is 4.17. The van der Waals surface area contributed by atoms with Crippen LogP contribution in [-0.2, 0) is 0 Å². The highest BCUT2D eigenvalue weighted by Gasteiger charge is 1.79. The Morgan fingerprint density at radius 3 is 2.62 bits per heavy atom. The standard InChI is InChI=1S/C6H11NO/c1-3-4-5-7-6(2)8/h3-6,8H,1-2H3/b4-3-,7-5-. The van der Waals surface area contributed by atoms with Gasteiger partial charge in [-0.3, -0.25) is 4.99 Å². The average Bonchev–Trinajstić information content (AvgIpc) is 1.66. The molecule has 0 saturated carbocycles. The Hall–Kier alpha value is -0.630. The van der Waals surface area contributed by atoms with Crippen molar-refractivity contribution < 1.29 is 5.11 Å². The van der Waals surface area contributed by atoms with Gasteiger partial charge in [0.25, 0.3) is 0 Å². The van der Waals surface area contributed by atoms with E-state index < -0.39 is 6.23 Å². The maximum Gasteiger partial charge on any atom is 0.142 e. The van der Waals surface area contributed by atoms with Gasteiger partial charge in [0.2, 0.25) is 0 Å². The number of allylic oxidation sites excluding steroid dienone is 2. The van der Waals surface area contributed by atoms with Gasteiger partial charge in [-0.25, -0.2) is 0 Å². The Morgan fingerprint density at radius 2 is 2.25 bits per heavy atom. The molecule has 0 bridgehead atoms. The summed E-state index contributed by atoms with van der Waals surface area (Å²) in [5.74, 6) is 0. The molecule has 0 heterocycles. The summed E-state index contributed by atoms with van der Waals surface area (Å²) in [6, 6.07) is 0. The molecule has 0 aromatic heterocycles. The molecule has 0 aromatic rings. The minimum absolute atomic E-state index is 0.578. The van der Waals surface area contributed by atoms with Crippen LogP contribution in [0.15, 0.2) is 17.1 Å². The first-order chi connectivity index (χ1) is 3.77. The molecule has 0 aliphatic carbocycles. The molecule has 0 spiro atoms. The Balaban J connectivity index is 3.34. The SMILES string of the molecule is C/C=C\C=N/C(C)O. The predicted molar refractivity (Wildman–Crippen MR) is 35.0 cm³/mol. The van der Waals surface area contributed by atoms with E-state index in [0.29, 0.717) is 0 Å². The van der Waals surface area contributed by atoms with Crippen LogP contribution in [0, 0.1) is 0 Å². The van der Waals surface area contributed by atoms with E-state index in [1.54, 1.807) is 19.2 Å². The summed E-state index contributed by atoms with van der Waals surface area (Å²) in [7, 11) is 0. The number of aliphatic hydroxyl groups is 1. The van der Waals surface area contributed by atoms with Crippen molar-refractivity contribution in [3.8, 4) is 0 Å². The summed E-state index contributed by atoms with van der Waals surface area (Å²) in [6.07, 6.45) is 4.62. The summed E-state index contributed by atoms with van der Waals surface area (Å²) < 4.78 is 0. The molecule has 0 aromatic carbocycles. The number of nitrogens with zero attached hydrogens (tertiary/aromatic N) is 1. The van der Waals surface area contributed by atoms with Gasteiger partial charge in [0.1, 0.15) is 6.23 Å². The quantitative estimate of drug-likeness (QED) is 0.532. The lowest BCUT2D eigenvalue weighted by atomic mass is 10.5. The fourth-order valence-electron chi connectivity index (χ4n) is 0.260. The number of hydrogen-bond acceptors (Lipinski definition) is 2. The number of aliphatic imine (C=N–C) groups is 1. The molecule has 0 amide bonds. The van der Waals surface area contributed by atoms with Gasteiger partial charge >= 0.3 is 0 Å². The van der Waals surface area contributed by atoms with Gasteiger partial charge in [-0.15, -0.1) is 0 Å². The van der Waals surface area contributed by atoms with Crippen molar-refractivity contribution in [1.29, 1.82) is 0 Å². The third-order valence-electron chi connectivity index (χ3n) is 0.580. The van der Waals surface area contributed by atoms with Gasteiger partial charge in [-0.05, 0) is 19.9 Å². The normalized spacial score (nSPS) is 15.9. The van der Waals surface area contributed by atoms with Gasteiger partial charge < -0.3 is 5.11 Å². The Bertz CT molecular complexity index is 94.7. The molecule has 0 rings (SSSR count). The van der Waals surface area contributed by atoms with Crippen molar-refractivity contribution in [3.63, 3.8) is 0 Å². The summed E-state index contributed by atoms with van der Waals surface area (Å²) in [4.78, 5) is 3.66. The molecule has 1 N–H and O–H groups in total. The van der Waals surface area contributed by atoms with E-state index in [0.717, 1.165) is 0 Å². The summed E-state index contributed by atoms with van der Waals surface area (Å²) >= 11 is 0. The molecule has 46 valence electrons. The summed E-state index contributed by atoms with van der Waals surface area (Å²) in [6.45, 7) is 3.51. The first-order valence-corrected chi connectivity index (χ1v) is 2.60. The zero-order valence-electron chi connectivity index (χ0n) is 5.20. The maximum absolute atomic E-state index is 8.55. The third kappa shape index (κ3) is 5.37. The molecule has 0 aliphatic rings. The number of aliphatic hydroxyl groups excluding tert-OH is 1. The van der Waals surface area contributed by atoms with E-state index in [1.807, 2.05) is 13.0 Å². The molecule has 2 heteroatoms. The second-order valence-corrected chi connectivity index (χ2v) is 1.46. The minimum Gasteiger partial charge on any atom is -0.372 e. The van der Waals surface area contributed by atoms with E-state index in [1.165, 1.54) is 0 Å². The van der Waals surface area contributed by atoms with E-state index in [2.05, 4.69) is 4.99 Å². The van der Waals surface area contributed by atoms with Gasteiger partial charge in [0, 0.05) is 6.21 Å². The van der Waals surface area contributed by atoms with Crippen LogP contribution in [0.3, 0.4) is 0 Å². The topological polar surface area (TPSA) is 32.6 Å². The minimum atomic E-state index is -0.578. The van der Waals surface area contributed by atoms with Gasteiger partial charge in [0.05, 0.1) is 0 Å². The zero-order chi connectivity index (χ0) is 6.41. The molecule has 1 unspecified atom stereocenters. The van der Waals surface area contributed by atoms with Crippen molar-refractivity contribution in [2.45, 2.75) is 20.1 Å². The number of rotatable bonds is 2. The van der Waals surface area contributed by atoms with E-state index in [-0.39, 0.29) is 0 Å². The molecule has 0 aliphatic heterocycles. The van der Waals surface area contributed by atoms with E-state index in [9.17, 15) is 0 Å². The van der Waals surface area contributed by atoms with Crippen LogP contribution in [-0.4, -0.2) is 17.5 Å². The lowest BCUT2D eigenvalue weighted by Gasteiger charge is -1.88. The highest BCUT2D eigenvalue weighted by atomic mass is 16.3. The lowest BCUT2D eigenvalue weighted by Crippen LogP contribution is -1.92. The molecule has 0 saturated heterocycles. The van der Waals surface area contributed by atoms with Crippen LogP contribution < -0.4 is 0 Å². The zero-order valence-corrected chi connectivity index (χ0v) is 5.20. The molecule has 2 nitrogen and oxygen atoms in total. The second-order valence-electron chi connectivity index (χ2n) is 1.46. The van der Waals surface area contributed by atoms with Crippen LogP contribution in [0.1, 0.15) is 13.8 Å². The predicted octanol–water partition coefficient (Wildman–Crippen LogP) is 0.972. The number of hydrogen-bond donors (Lipinski definition) is 1. The Morgan fingerprint density at radius 1 is 1.62 bits per heavy atom. The molecule has 8 heavy (non-hydrogen) atoms. The van der Waals surface area contributed by atoms with Crippen LogP contribution in [0.25, 0.3) is 0 Å². The van der Waals surface area contributed by atoms with Gasteiger partial charge in [-0.2, -0.15) is 0 Å². The largest absolute Gasteiger partial charge is 0.372 e. The van der Waals surface area contributed by atoms with E-state index >= 15 is 0 Å². The van der Waals surface area contributed by atoms with Crippen molar-refractivity contribution in [3.05, 3.63) is 12.2 Å². The van der Waals surface area contributed by atoms with Crippen molar-refractivity contribution in [2.75, 3.05) is 0 Å². The fraction of sp³-hybridized carbons (Fsp3) is 0.500. The lowest BCUT2D eigenvalue weighted by molar-refractivity contribution is 0.206. The van der Waals surface area contributed by atoms with Crippen molar-refractivity contribution in [2.24, 2.45) is 4.99 Å². The third-order valence-corrected chi connectivity index (χ3v) is 0.580. The fourth-order valence-corrected chi connectivity index (χ4v) is 0.260. The van der Waals surface area contributed by atoms with Crippen molar-refractivity contribution >= 4 is 6.21 Å². The molecular weight excluding hydrogens is 102 g/mol. The molecule has 0 radical (unpaired) electrons. The van der Waals surface area contributed by atoms with Gasteiger partial charge in [0.15, 0.2) is 0 Å². The van der Waals surface area contributed by atoms with E-state index in [4.69, 9.17) is 5.11 Å². The second kappa shape index (κ2) is 4.53. The average molecular weight is 113 g/mol. The van der Waals surface area contributed by atoms with Crippen LogP contribution in [0.2, 0.25) is 0 Å². The molecule has 0 fully saturated rings. The first kappa shape index (κ1) is 7.37. The van der Waals surface area contributed by atoms with Crippen molar-refractivity contribution in [1.82, 2.24) is 0 Å². The first-order valence-electron chi connectivity index (χ1n) is 2.60. The molecule has 1 atom stereocenters. The summed E-state index contributed by atoms with van der Waals surface area (Å²) in [5, 5.41) is 8.55. The smallest absolute Gasteiger partial charge is 0.142 e. The Labute approximate surface area is 49.6 Å². The highest BCUT2D eigenvalue weighted by molar-refractivity contribution is 5.70. The van der Waals surface area contributed by atoms with Crippen LogP contribution >= 0.6 is 0 Å². The molecular formula is C6H11NO. The highest BCUT2D eigenvalue weighted by Crippen LogP contribution is 1.77.